The Morgan fingerprint density at radius 1 is 1.46 bits per heavy atom. The predicted octanol–water partition coefficient (Wildman–Crippen LogP) is -0.171. The van der Waals surface area contributed by atoms with Crippen molar-refractivity contribution in [3.8, 4) is 0 Å². The van der Waals surface area contributed by atoms with E-state index in [0.29, 0.717) is 19.2 Å². The summed E-state index contributed by atoms with van der Waals surface area (Å²) in [4.78, 5) is 0. The highest BCUT2D eigenvalue weighted by Crippen LogP contribution is 2.21. The molecule has 2 heterocycles. The third-order valence-corrected chi connectivity index (χ3v) is 2.69. The maximum atomic E-state index is 5.72. The Bertz CT molecular complexity index is 160. The molecule has 2 aliphatic heterocycles. The summed E-state index contributed by atoms with van der Waals surface area (Å²) in [5.74, 6) is 0. The fourth-order valence-corrected chi connectivity index (χ4v) is 1.96. The summed E-state index contributed by atoms with van der Waals surface area (Å²) in [6.07, 6.45) is 3.50. The van der Waals surface area contributed by atoms with Gasteiger partial charge in [0, 0.05) is 0 Å². The molecule has 4 heteroatoms. The molecule has 3 N–H and O–H groups in total. The van der Waals surface area contributed by atoms with Crippen molar-refractivity contribution in [1.82, 2.24) is 5.32 Å². The first-order valence-corrected chi connectivity index (χ1v) is 5.10. The Morgan fingerprint density at radius 3 is 3.08 bits per heavy atom. The van der Waals surface area contributed by atoms with E-state index in [2.05, 4.69) is 5.32 Å². The lowest BCUT2D eigenvalue weighted by atomic mass is 10.2. The highest BCUT2D eigenvalue weighted by molar-refractivity contribution is 4.81. The van der Waals surface area contributed by atoms with Gasteiger partial charge in [-0.15, -0.1) is 0 Å². The van der Waals surface area contributed by atoms with Gasteiger partial charge in [0.2, 0.25) is 0 Å². The lowest BCUT2D eigenvalue weighted by molar-refractivity contribution is -0.0777. The highest BCUT2D eigenvalue weighted by atomic mass is 16.7. The molecule has 2 aliphatic rings. The van der Waals surface area contributed by atoms with Gasteiger partial charge >= 0.3 is 0 Å². The van der Waals surface area contributed by atoms with Gasteiger partial charge in [0.25, 0.3) is 0 Å². The molecule has 2 rings (SSSR count). The summed E-state index contributed by atoms with van der Waals surface area (Å²) < 4.78 is 11.3. The number of ether oxygens (including phenoxy) is 2. The van der Waals surface area contributed by atoms with Crippen LogP contribution in [0.5, 0.6) is 0 Å². The molecule has 0 saturated carbocycles. The molecule has 13 heavy (non-hydrogen) atoms. The molecule has 0 aromatic heterocycles. The molecular weight excluding hydrogens is 168 g/mol. The second-order valence-corrected chi connectivity index (χ2v) is 3.74. The van der Waals surface area contributed by atoms with Crippen molar-refractivity contribution < 1.29 is 9.47 Å². The number of rotatable bonds is 3. The normalized spacial score (nSPS) is 39.9. The molecule has 0 aromatic carbocycles. The van der Waals surface area contributed by atoms with Gasteiger partial charge in [0.05, 0.1) is 18.8 Å². The maximum Gasteiger partial charge on any atom is 0.173 e. The van der Waals surface area contributed by atoms with Crippen LogP contribution in [0.15, 0.2) is 0 Å². The summed E-state index contributed by atoms with van der Waals surface area (Å²) in [5, 5.41) is 3.38. The average Bonchev–Trinajstić information content (AvgIpc) is 2.70. The fourth-order valence-electron chi connectivity index (χ4n) is 1.96. The van der Waals surface area contributed by atoms with Crippen molar-refractivity contribution >= 4 is 0 Å². The van der Waals surface area contributed by atoms with E-state index in [-0.39, 0.29) is 12.4 Å². The molecule has 3 atom stereocenters. The van der Waals surface area contributed by atoms with E-state index in [1.807, 2.05) is 0 Å². The van der Waals surface area contributed by atoms with Gasteiger partial charge in [-0.3, -0.25) is 0 Å². The van der Waals surface area contributed by atoms with Crippen LogP contribution in [0.3, 0.4) is 0 Å². The van der Waals surface area contributed by atoms with Crippen LogP contribution in [0.4, 0.5) is 0 Å². The molecule has 0 aromatic rings. The Morgan fingerprint density at radius 2 is 2.38 bits per heavy atom. The van der Waals surface area contributed by atoms with Crippen LogP contribution in [0.25, 0.3) is 0 Å². The molecular formula is C9H18N2O2. The van der Waals surface area contributed by atoms with E-state index in [1.54, 1.807) is 0 Å². The van der Waals surface area contributed by atoms with E-state index >= 15 is 0 Å². The lowest BCUT2D eigenvalue weighted by Crippen LogP contribution is -2.35. The van der Waals surface area contributed by atoms with Crippen molar-refractivity contribution in [3.63, 3.8) is 0 Å². The number of hydrogen-bond acceptors (Lipinski definition) is 4. The Labute approximate surface area is 78.8 Å². The first-order chi connectivity index (χ1) is 6.40. The minimum atomic E-state index is -0.0287. The van der Waals surface area contributed by atoms with E-state index in [0.717, 1.165) is 13.0 Å². The zero-order valence-electron chi connectivity index (χ0n) is 7.87. The van der Waals surface area contributed by atoms with Crippen LogP contribution in [0, 0.1) is 0 Å². The molecule has 0 spiro atoms. The molecule has 0 aliphatic carbocycles. The Hall–Kier alpha value is -0.160. The number of nitrogens with one attached hydrogen (secondary N) is 1. The van der Waals surface area contributed by atoms with E-state index < -0.39 is 0 Å². The van der Waals surface area contributed by atoms with Crippen LogP contribution in [-0.2, 0) is 9.47 Å². The van der Waals surface area contributed by atoms with E-state index in [1.165, 1.54) is 12.8 Å². The Balaban J connectivity index is 1.76. The Kier molecular flexibility index (Phi) is 3.16. The van der Waals surface area contributed by atoms with Gasteiger partial charge < -0.3 is 20.5 Å². The van der Waals surface area contributed by atoms with E-state index in [9.17, 15) is 0 Å². The summed E-state index contributed by atoms with van der Waals surface area (Å²) >= 11 is 0. The van der Waals surface area contributed by atoms with Crippen molar-refractivity contribution in [1.29, 1.82) is 0 Å². The monoisotopic (exact) mass is 186 g/mol. The van der Waals surface area contributed by atoms with Gasteiger partial charge in [0.15, 0.2) is 6.29 Å². The highest BCUT2D eigenvalue weighted by Gasteiger charge is 2.33. The van der Waals surface area contributed by atoms with Gasteiger partial charge in [-0.1, -0.05) is 0 Å². The fraction of sp³-hybridized carbons (Fsp3) is 1.00. The van der Waals surface area contributed by atoms with E-state index in [4.69, 9.17) is 15.2 Å². The lowest BCUT2D eigenvalue weighted by Gasteiger charge is -2.17. The SMILES string of the molecule is NCCC1COC(C2CCCN2)O1. The van der Waals surface area contributed by atoms with Crippen LogP contribution >= 0.6 is 0 Å². The van der Waals surface area contributed by atoms with Gasteiger partial charge in [-0.2, -0.15) is 0 Å². The number of hydrogen-bond donors (Lipinski definition) is 2. The summed E-state index contributed by atoms with van der Waals surface area (Å²) in [6.45, 7) is 2.48. The largest absolute Gasteiger partial charge is 0.348 e. The molecule has 2 saturated heterocycles. The maximum absolute atomic E-state index is 5.72. The minimum absolute atomic E-state index is 0.0287. The predicted molar refractivity (Wildman–Crippen MR) is 49.3 cm³/mol. The summed E-state index contributed by atoms with van der Waals surface area (Å²) in [5.41, 5.74) is 5.46. The molecule has 4 nitrogen and oxygen atoms in total. The zero-order valence-corrected chi connectivity index (χ0v) is 7.87. The van der Waals surface area contributed by atoms with Crippen molar-refractivity contribution in [3.05, 3.63) is 0 Å². The second kappa shape index (κ2) is 4.37. The third-order valence-electron chi connectivity index (χ3n) is 2.69. The average molecular weight is 186 g/mol. The van der Waals surface area contributed by atoms with Crippen molar-refractivity contribution in [2.75, 3.05) is 19.7 Å². The molecule has 0 radical (unpaired) electrons. The summed E-state index contributed by atoms with van der Waals surface area (Å²) in [7, 11) is 0. The standard InChI is InChI=1S/C9H18N2O2/c10-4-3-7-6-12-9(13-7)8-2-1-5-11-8/h7-9,11H,1-6,10H2. The molecule has 0 amide bonds. The van der Waals surface area contributed by atoms with Crippen molar-refractivity contribution in [2.24, 2.45) is 5.73 Å². The molecule has 3 unspecified atom stereocenters. The quantitative estimate of drug-likeness (QED) is 0.642. The van der Waals surface area contributed by atoms with Crippen LogP contribution in [-0.4, -0.2) is 38.1 Å². The zero-order chi connectivity index (χ0) is 9.10. The van der Waals surface area contributed by atoms with Gasteiger partial charge in [-0.25, -0.2) is 0 Å². The first kappa shape index (κ1) is 9.40. The number of nitrogens with two attached hydrogens (primary N) is 1. The second-order valence-electron chi connectivity index (χ2n) is 3.74. The summed E-state index contributed by atoms with van der Waals surface area (Å²) in [6, 6.07) is 0.405. The smallest absolute Gasteiger partial charge is 0.173 e. The molecule has 2 fully saturated rings. The first-order valence-electron chi connectivity index (χ1n) is 5.10. The molecule has 0 bridgehead atoms. The van der Waals surface area contributed by atoms with Crippen LogP contribution < -0.4 is 11.1 Å². The van der Waals surface area contributed by atoms with Crippen LogP contribution in [0.2, 0.25) is 0 Å². The topological polar surface area (TPSA) is 56.5 Å². The van der Waals surface area contributed by atoms with Crippen LogP contribution in [0.1, 0.15) is 19.3 Å². The van der Waals surface area contributed by atoms with Crippen molar-refractivity contribution in [2.45, 2.75) is 37.7 Å². The van der Waals surface area contributed by atoms with Gasteiger partial charge in [0.1, 0.15) is 0 Å². The third kappa shape index (κ3) is 2.20. The minimum Gasteiger partial charge on any atom is -0.348 e. The van der Waals surface area contributed by atoms with Gasteiger partial charge in [-0.05, 0) is 32.4 Å². The molecule has 76 valence electrons.